The molecule has 0 radical (unpaired) electrons. The summed E-state index contributed by atoms with van der Waals surface area (Å²) < 4.78 is 0. The summed E-state index contributed by atoms with van der Waals surface area (Å²) in [6.45, 7) is 0. The number of nitrogens with zero attached hydrogens (tertiary/aromatic N) is 1. The number of hydrogen-bond donors (Lipinski definition) is 2. The highest BCUT2D eigenvalue weighted by Crippen LogP contribution is 2.45. The molecule has 2 aliphatic carbocycles. The molecular formula is C11H19N3O. The lowest BCUT2D eigenvalue weighted by molar-refractivity contribution is 0.249. The Hall–Kier alpha value is -1.06. The van der Waals surface area contributed by atoms with E-state index >= 15 is 0 Å². The van der Waals surface area contributed by atoms with Gasteiger partial charge in [-0.2, -0.15) is 5.10 Å². The van der Waals surface area contributed by atoms with Gasteiger partial charge in [-0.25, -0.2) is 10.2 Å². The molecule has 0 heterocycles. The molecule has 15 heavy (non-hydrogen) atoms. The van der Waals surface area contributed by atoms with Crippen LogP contribution in [0.25, 0.3) is 0 Å². The van der Waals surface area contributed by atoms with E-state index in [1.807, 2.05) is 0 Å². The van der Waals surface area contributed by atoms with Crippen LogP contribution in [0.15, 0.2) is 5.10 Å². The van der Waals surface area contributed by atoms with Crippen LogP contribution in [0, 0.1) is 11.8 Å². The zero-order valence-electron chi connectivity index (χ0n) is 9.04. The average molecular weight is 209 g/mol. The van der Waals surface area contributed by atoms with Gasteiger partial charge in [0.25, 0.3) is 0 Å². The second-order valence-corrected chi connectivity index (χ2v) is 4.63. The molecule has 2 aliphatic rings. The number of fused-ring (bicyclic) bond motifs is 1. The maximum Gasteiger partial charge on any atom is 0.332 e. The molecule has 4 nitrogen and oxygen atoms in total. The van der Waals surface area contributed by atoms with Crippen LogP contribution in [0.5, 0.6) is 0 Å². The summed E-state index contributed by atoms with van der Waals surface area (Å²) in [6.07, 6.45) is 8.82. The van der Waals surface area contributed by atoms with E-state index in [1.54, 1.807) is 0 Å². The molecule has 4 heteroatoms. The van der Waals surface area contributed by atoms with Crippen molar-refractivity contribution >= 4 is 11.7 Å². The van der Waals surface area contributed by atoms with Crippen molar-refractivity contribution in [1.29, 1.82) is 0 Å². The molecule has 2 fully saturated rings. The molecule has 0 saturated heterocycles. The van der Waals surface area contributed by atoms with Gasteiger partial charge in [-0.3, -0.25) is 0 Å². The quantitative estimate of drug-likeness (QED) is 0.637. The number of carbonyl (C=O) groups excluding carboxylic acids is 1. The standard InChI is InChI=1S/C11H19N3O/c12-11(15)14-13-10-6-4-2-1-3-5-8-7-9(8)10/h8-9H,1-7H2,(H3,12,14,15). The Bertz CT molecular complexity index is 275. The molecule has 3 N–H and O–H groups in total. The Morgan fingerprint density at radius 1 is 1.33 bits per heavy atom. The summed E-state index contributed by atoms with van der Waals surface area (Å²) in [5, 5.41) is 4.14. The van der Waals surface area contributed by atoms with Crippen LogP contribution >= 0.6 is 0 Å². The van der Waals surface area contributed by atoms with Crippen LogP contribution < -0.4 is 11.2 Å². The lowest BCUT2D eigenvalue weighted by Gasteiger charge is -2.04. The van der Waals surface area contributed by atoms with Gasteiger partial charge < -0.3 is 5.73 Å². The van der Waals surface area contributed by atoms with Crippen molar-refractivity contribution in [3.8, 4) is 0 Å². The minimum atomic E-state index is -0.556. The third-order valence-corrected chi connectivity index (χ3v) is 3.42. The van der Waals surface area contributed by atoms with Gasteiger partial charge in [-0.1, -0.05) is 19.3 Å². The first-order valence-electron chi connectivity index (χ1n) is 5.89. The first kappa shape index (κ1) is 10.5. The first-order valence-corrected chi connectivity index (χ1v) is 5.89. The number of primary amides is 1. The van der Waals surface area contributed by atoms with Crippen LogP contribution in [-0.2, 0) is 0 Å². The highest BCUT2D eigenvalue weighted by atomic mass is 16.2. The van der Waals surface area contributed by atoms with Gasteiger partial charge >= 0.3 is 6.03 Å². The van der Waals surface area contributed by atoms with Crippen LogP contribution in [-0.4, -0.2) is 11.7 Å². The lowest BCUT2D eigenvalue weighted by Crippen LogP contribution is -2.26. The van der Waals surface area contributed by atoms with Crippen LogP contribution in [0.4, 0.5) is 4.79 Å². The van der Waals surface area contributed by atoms with Gasteiger partial charge in [0.1, 0.15) is 0 Å². The highest BCUT2D eigenvalue weighted by molar-refractivity contribution is 5.90. The van der Waals surface area contributed by atoms with Gasteiger partial charge in [0, 0.05) is 11.6 Å². The van der Waals surface area contributed by atoms with E-state index in [2.05, 4.69) is 10.5 Å². The minimum Gasteiger partial charge on any atom is -0.350 e. The van der Waals surface area contributed by atoms with Gasteiger partial charge in [0.05, 0.1) is 0 Å². The summed E-state index contributed by atoms with van der Waals surface area (Å²) in [6, 6.07) is -0.556. The number of carbonyl (C=O) groups is 1. The predicted molar refractivity (Wildman–Crippen MR) is 59.5 cm³/mol. The van der Waals surface area contributed by atoms with Gasteiger partial charge in [-0.05, 0) is 31.6 Å². The van der Waals surface area contributed by atoms with E-state index in [-0.39, 0.29) is 0 Å². The molecule has 0 bridgehead atoms. The van der Waals surface area contributed by atoms with Crippen molar-refractivity contribution in [2.24, 2.45) is 22.7 Å². The Kier molecular flexibility index (Phi) is 3.23. The van der Waals surface area contributed by atoms with Crippen molar-refractivity contribution < 1.29 is 4.79 Å². The third-order valence-electron chi connectivity index (χ3n) is 3.42. The molecule has 0 aliphatic heterocycles. The normalized spacial score (nSPS) is 33.5. The summed E-state index contributed by atoms with van der Waals surface area (Å²) in [5.41, 5.74) is 8.55. The fourth-order valence-electron chi connectivity index (χ4n) is 2.49. The third kappa shape index (κ3) is 2.94. The number of urea groups is 1. The fraction of sp³-hybridized carbons (Fsp3) is 0.818. The predicted octanol–water partition coefficient (Wildman–Crippen LogP) is 2.00. The number of hydrogen-bond acceptors (Lipinski definition) is 2. The van der Waals surface area contributed by atoms with Crippen molar-refractivity contribution in [3.05, 3.63) is 0 Å². The SMILES string of the molecule is NC(=O)NN=C1CCCCCCC2CC12. The molecular weight excluding hydrogens is 190 g/mol. The fourth-order valence-corrected chi connectivity index (χ4v) is 2.49. The molecule has 0 aromatic heterocycles. The van der Waals surface area contributed by atoms with Crippen molar-refractivity contribution in [3.63, 3.8) is 0 Å². The molecule has 2 unspecified atom stereocenters. The molecule has 2 rings (SSSR count). The Balaban J connectivity index is 1.95. The average Bonchev–Trinajstić information content (AvgIpc) is 2.94. The number of rotatable bonds is 1. The molecule has 2 amide bonds. The molecule has 0 aromatic carbocycles. The topological polar surface area (TPSA) is 67.5 Å². The Labute approximate surface area is 90.3 Å². The zero-order valence-corrected chi connectivity index (χ0v) is 9.04. The Morgan fingerprint density at radius 2 is 2.13 bits per heavy atom. The minimum absolute atomic E-state index is 0.556. The van der Waals surface area contributed by atoms with Gasteiger partial charge in [0.15, 0.2) is 0 Å². The van der Waals surface area contributed by atoms with E-state index < -0.39 is 6.03 Å². The summed E-state index contributed by atoms with van der Waals surface area (Å²) in [7, 11) is 0. The van der Waals surface area contributed by atoms with Crippen molar-refractivity contribution in [1.82, 2.24) is 5.43 Å². The zero-order chi connectivity index (χ0) is 10.7. The van der Waals surface area contributed by atoms with Crippen molar-refractivity contribution in [2.45, 2.75) is 44.9 Å². The maximum atomic E-state index is 10.6. The maximum absolute atomic E-state index is 10.6. The first-order chi connectivity index (χ1) is 7.27. The number of nitrogens with two attached hydrogens (primary N) is 1. The molecule has 2 atom stereocenters. The monoisotopic (exact) mass is 209 g/mol. The van der Waals surface area contributed by atoms with E-state index in [0.29, 0.717) is 5.92 Å². The number of nitrogens with one attached hydrogen (secondary N) is 1. The van der Waals surface area contributed by atoms with E-state index in [9.17, 15) is 4.79 Å². The summed E-state index contributed by atoms with van der Waals surface area (Å²) >= 11 is 0. The summed E-state index contributed by atoms with van der Waals surface area (Å²) in [5.74, 6) is 1.46. The summed E-state index contributed by atoms with van der Waals surface area (Å²) in [4.78, 5) is 10.6. The smallest absolute Gasteiger partial charge is 0.332 e. The van der Waals surface area contributed by atoms with Crippen molar-refractivity contribution in [2.75, 3.05) is 0 Å². The number of amides is 2. The number of hydrazone groups is 1. The second-order valence-electron chi connectivity index (χ2n) is 4.63. The molecule has 0 spiro atoms. The van der Waals surface area contributed by atoms with Crippen LogP contribution in [0.1, 0.15) is 44.9 Å². The molecule has 84 valence electrons. The molecule has 0 aromatic rings. The van der Waals surface area contributed by atoms with Gasteiger partial charge in [0.2, 0.25) is 0 Å². The van der Waals surface area contributed by atoms with E-state index in [4.69, 9.17) is 5.73 Å². The largest absolute Gasteiger partial charge is 0.350 e. The lowest BCUT2D eigenvalue weighted by atomic mass is 10.1. The van der Waals surface area contributed by atoms with E-state index in [1.165, 1.54) is 44.2 Å². The Morgan fingerprint density at radius 3 is 2.93 bits per heavy atom. The highest BCUT2D eigenvalue weighted by Gasteiger charge is 2.40. The molecule has 2 saturated carbocycles. The van der Waals surface area contributed by atoms with E-state index in [0.717, 1.165) is 12.3 Å². The van der Waals surface area contributed by atoms with Crippen LogP contribution in [0.3, 0.4) is 0 Å². The second kappa shape index (κ2) is 4.64. The van der Waals surface area contributed by atoms with Gasteiger partial charge in [-0.15, -0.1) is 0 Å². The van der Waals surface area contributed by atoms with Crippen LogP contribution in [0.2, 0.25) is 0 Å².